The van der Waals surface area contributed by atoms with Crippen molar-refractivity contribution < 1.29 is 19.2 Å². The van der Waals surface area contributed by atoms with Gasteiger partial charge < -0.3 is 15.4 Å². The highest BCUT2D eigenvalue weighted by molar-refractivity contribution is 6.32. The van der Waals surface area contributed by atoms with Crippen molar-refractivity contribution in [3.05, 3.63) is 99.1 Å². The Bertz CT molecular complexity index is 1110. The molecule has 0 fully saturated rings. The number of amides is 2. The summed E-state index contributed by atoms with van der Waals surface area (Å²) in [4.78, 5) is 35.1. The van der Waals surface area contributed by atoms with E-state index in [4.69, 9.17) is 16.3 Å². The summed E-state index contributed by atoms with van der Waals surface area (Å²) in [5.74, 6) is -0.644. The van der Waals surface area contributed by atoms with Crippen LogP contribution in [-0.4, -0.2) is 23.3 Å². The lowest BCUT2D eigenvalue weighted by atomic mass is 10.1. The molecule has 0 aliphatic rings. The highest BCUT2D eigenvalue weighted by atomic mass is 35.5. The number of ether oxygens (including phenoxy) is 1. The lowest BCUT2D eigenvalue weighted by molar-refractivity contribution is -0.384. The smallest absolute Gasteiger partial charge is 0.289 e. The number of carbonyl (C=O) groups excluding carboxylic acids is 2. The number of nitrogens with zero attached hydrogens (tertiary/aromatic N) is 1. The van der Waals surface area contributed by atoms with Crippen molar-refractivity contribution in [2.24, 2.45) is 0 Å². The fourth-order valence-corrected chi connectivity index (χ4v) is 2.91. The molecular weight excluding hydrogens is 422 g/mol. The summed E-state index contributed by atoms with van der Waals surface area (Å²) in [6.45, 7) is -0.0384. The van der Waals surface area contributed by atoms with Crippen LogP contribution in [0.5, 0.6) is 5.75 Å². The van der Waals surface area contributed by atoms with E-state index in [0.717, 1.165) is 11.6 Å². The summed E-state index contributed by atoms with van der Waals surface area (Å²) < 4.78 is 5.51. The molecule has 0 heterocycles. The Labute approximate surface area is 182 Å². The lowest BCUT2D eigenvalue weighted by Crippen LogP contribution is -2.25. The molecule has 0 saturated carbocycles. The molecule has 0 aliphatic carbocycles. The SMILES string of the molecule is O=C(COc1ccccc1C(=O)NCc1ccccc1)Nc1ccc(Cl)c([N+](=O)[O-])c1. The third kappa shape index (κ3) is 6.03. The second-order valence-corrected chi connectivity index (χ2v) is 6.83. The number of carbonyl (C=O) groups is 2. The van der Waals surface area contributed by atoms with Gasteiger partial charge in [-0.05, 0) is 29.8 Å². The van der Waals surface area contributed by atoms with E-state index < -0.39 is 10.8 Å². The quantitative estimate of drug-likeness (QED) is 0.403. The van der Waals surface area contributed by atoms with Crippen molar-refractivity contribution in [2.75, 3.05) is 11.9 Å². The molecule has 31 heavy (non-hydrogen) atoms. The third-order valence-electron chi connectivity index (χ3n) is 4.21. The van der Waals surface area contributed by atoms with Gasteiger partial charge in [-0.25, -0.2) is 0 Å². The zero-order valence-corrected chi connectivity index (χ0v) is 17.0. The minimum atomic E-state index is -0.640. The zero-order valence-electron chi connectivity index (χ0n) is 16.2. The molecule has 3 aromatic rings. The first-order chi connectivity index (χ1) is 14.9. The van der Waals surface area contributed by atoms with Crippen LogP contribution in [0.25, 0.3) is 0 Å². The van der Waals surface area contributed by atoms with E-state index in [0.29, 0.717) is 6.54 Å². The first-order valence-electron chi connectivity index (χ1n) is 9.22. The molecule has 2 N–H and O–H groups in total. The predicted molar refractivity (Wildman–Crippen MR) is 116 cm³/mol. The molecule has 0 unspecified atom stereocenters. The number of benzene rings is 3. The topological polar surface area (TPSA) is 111 Å². The van der Waals surface area contributed by atoms with Crippen molar-refractivity contribution in [1.29, 1.82) is 0 Å². The number of nitro groups is 1. The summed E-state index contributed by atoms with van der Waals surface area (Å²) in [5.41, 5.74) is 1.12. The van der Waals surface area contributed by atoms with Gasteiger partial charge in [0.15, 0.2) is 6.61 Å². The van der Waals surface area contributed by atoms with Crippen LogP contribution in [0.3, 0.4) is 0 Å². The number of hydrogen-bond donors (Lipinski definition) is 2. The Morgan fingerprint density at radius 3 is 2.45 bits per heavy atom. The van der Waals surface area contributed by atoms with Crippen molar-refractivity contribution in [1.82, 2.24) is 5.32 Å². The summed E-state index contributed by atoms with van der Waals surface area (Å²) in [7, 11) is 0. The largest absolute Gasteiger partial charge is 0.483 e. The van der Waals surface area contributed by atoms with Gasteiger partial charge in [-0.2, -0.15) is 0 Å². The van der Waals surface area contributed by atoms with Gasteiger partial charge in [0.25, 0.3) is 17.5 Å². The molecule has 0 aliphatic heterocycles. The van der Waals surface area contributed by atoms with Crippen molar-refractivity contribution in [3.8, 4) is 5.75 Å². The second kappa shape index (κ2) is 10.2. The Balaban J connectivity index is 1.60. The number of nitrogens with one attached hydrogen (secondary N) is 2. The molecule has 0 bridgehead atoms. The monoisotopic (exact) mass is 439 g/mol. The summed E-state index contributed by atoms with van der Waals surface area (Å²) in [5, 5.41) is 16.2. The van der Waals surface area contributed by atoms with Gasteiger partial charge in [-0.1, -0.05) is 54.1 Å². The van der Waals surface area contributed by atoms with Crippen LogP contribution in [0.1, 0.15) is 15.9 Å². The molecule has 0 radical (unpaired) electrons. The number of halogens is 1. The van der Waals surface area contributed by atoms with Gasteiger partial charge in [0.1, 0.15) is 10.8 Å². The van der Waals surface area contributed by atoms with Crippen molar-refractivity contribution in [3.63, 3.8) is 0 Å². The molecule has 3 rings (SSSR count). The predicted octanol–water partition coefficient (Wildman–Crippen LogP) is 4.20. The van der Waals surface area contributed by atoms with Gasteiger partial charge in [-0.3, -0.25) is 19.7 Å². The van der Waals surface area contributed by atoms with Crippen molar-refractivity contribution >= 4 is 34.8 Å². The molecule has 158 valence electrons. The Hall–Kier alpha value is -3.91. The minimum Gasteiger partial charge on any atom is -0.483 e. The summed E-state index contributed by atoms with van der Waals surface area (Å²) in [6.07, 6.45) is 0. The van der Waals surface area contributed by atoms with Gasteiger partial charge in [0.2, 0.25) is 0 Å². The summed E-state index contributed by atoms with van der Waals surface area (Å²) in [6, 6.07) is 19.9. The Morgan fingerprint density at radius 1 is 1.00 bits per heavy atom. The maximum Gasteiger partial charge on any atom is 0.289 e. The van der Waals surface area contributed by atoms with Crippen LogP contribution < -0.4 is 15.4 Å². The fourth-order valence-electron chi connectivity index (χ4n) is 2.72. The second-order valence-electron chi connectivity index (χ2n) is 6.42. The molecule has 0 atom stereocenters. The number of rotatable bonds is 8. The number of hydrogen-bond acceptors (Lipinski definition) is 5. The average Bonchev–Trinajstić information content (AvgIpc) is 2.78. The van der Waals surface area contributed by atoms with Crippen LogP contribution in [0.15, 0.2) is 72.8 Å². The van der Waals surface area contributed by atoms with E-state index in [1.165, 1.54) is 12.1 Å². The Morgan fingerprint density at radius 2 is 1.71 bits per heavy atom. The maximum atomic E-state index is 12.5. The van der Waals surface area contributed by atoms with Gasteiger partial charge >= 0.3 is 0 Å². The lowest BCUT2D eigenvalue weighted by Gasteiger charge is -2.12. The molecule has 0 saturated heterocycles. The maximum absolute atomic E-state index is 12.5. The van der Waals surface area contributed by atoms with Gasteiger partial charge in [0, 0.05) is 18.3 Å². The highest BCUT2D eigenvalue weighted by Gasteiger charge is 2.16. The summed E-state index contributed by atoms with van der Waals surface area (Å²) >= 11 is 5.76. The van der Waals surface area contributed by atoms with E-state index in [-0.39, 0.29) is 40.2 Å². The van der Waals surface area contributed by atoms with Crippen LogP contribution >= 0.6 is 11.6 Å². The fraction of sp³-hybridized carbons (Fsp3) is 0.0909. The van der Waals surface area contributed by atoms with Crippen LogP contribution in [-0.2, 0) is 11.3 Å². The molecule has 9 heteroatoms. The molecule has 3 aromatic carbocycles. The number of nitro benzene ring substituents is 1. The van der Waals surface area contributed by atoms with Crippen LogP contribution in [0.4, 0.5) is 11.4 Å². The van der Waals surface area contributed by atoms with E-state index in [2.05, 4.69) is 10.6 Å². The minimum absolute atomic E-state index is 0.0327. The van der Waals surface area contributed by atoms with Gasteiger partial charge in [-0.15, -0.1) is 0 Å². The number of para-hydroxylation sites is 1. The molecular formula is C22H18ClN3O5. The first-order valence-corrected chi connectivity index (χ1v) is 9.59. The normalized spacial score (nSPS) is 10.2. The highest BCUT2D eigenvalue weighted by Crippen LogP contribution is 2.27. The third-order valence-corrected chi connectivity index (χ3v) is 4.53. The molecule has 8 nitrogen and oxygen atoms in total. The Kier molecular flexibility index (Phi) is 7.18. The van der Waals surface area contributed by atoms with Crippen molar-refractivity contribution in [2.45, 2.75) is 6.54 Å². The first kappa shape index (κ1) is 21.8. The van der Waals surface area contributed by atoms with E-state index >= 15 is 0 Å². The molecule has 0 spiro atoms. The standard InChI is InChI=1S/C22H18ClN3O5/c23-18-11-10-16(12-19(18)26(29)30)25-21(27)14-31-20-9-5-4-8-17(20)22(28)24-13-15-6-2-1-3-7-15/h1-12H,13-14H2,(H,24,28)(H,25,27). The van der Waals surface area contributed by atoms with Crippen LogP contribution in [0.2, 0.25) is 5.02 Å². The van der Waals surface area contributed by atoms with E-state index in [1.54, 1.807) is 24.3 Å². The average molecular weight is 440 g/mol. The van der Waals surface area contributed by atoms with Gasteiger partial charge in [0.05, 0.1) is 10.5 Å². The zero-order chi connectivity index (χ0) is 22.2. The molecule has 0 aromatic heterocycles. The van der Waals surface area contributed by atoms with Crippen LogP contribution in [0, 0.1) is 10.1 Å². The molecule has 2 amide bonds. The van der Waals surface area contributed by atoms with E-state index in [9.17, 15) is 19.7 Å². The number of anilines is 1. The van der Waals surface area contributed by atoms with E-state index in [1.807, 2.05) is 30.3 Å².